The monoisotopic (exact) mass is 158 g/mol. The molecule has 0 saturated carbocycles. The maximum absolute atomic E-state index is 10.9. The lowest BCUT2D eigenvalue weighted by atomic mass is 10.4. The summed E-state index contributed by atoms with van der Waals surface area (Å²) >= 11 is 0. The van der Waals surface area contributed by atoms with Crippen molar-refractivity contribution in [3.8, 4) is 12.3 Å². The third kappa shape index (κ3) is 2.24. The Bertz CT molecular complexity index is 254. The molecule has 2 nitrogen and oxygen atoms in total. The van der Waals surface area contributed by atoms with Crippen molar-refractivity contribution in [1.82, 2.24) is 0 Å². The molecular formula is C7H10O2S. The number of rotatable bonds is 3. The van der Waals surface area contributed by atoms with Gasteiger partial charge >= 0.3 is 0 Å². The van der Waals surface area contributed by atoms with Gasteiger partial charge < -0.3 is 0 Å². The summed E-state index contributed by atoms with van der Waals surface area (Å²) in [6, 6.07) is 0. The second-order valence-electron chi connectivity index (χ2n) is 1.82. The molecule has 0 aromatic carbocycles. The van der Waals surface area contributed by atoms with Gasteiger partial charge in [0.2, 0.25) is 0 Å². The zero-order valence-electron chi connectivity index (χ0n) is 5.92. The van der Waals surface area contributed by atoms with Crippen LogP contribution < -0.4 is 0 Å². The predicted octanol–water partition coefficient (Wildman–Crippen LogP) is 0.958. The van der Waals surface area contributed by atoms with Crippen LogP contribution in [0.2, 0.25) is 0 Å². The van der Waals surface area contributed by atoms with E-state index in [0.29, 0.717) is 0 Å². The zero-order chi connectivity index (χ0) is 8.20. The molecule has 0 N–H and O–H groups in total. The zero-order valence-corrected chi connectivity index (χ0v) is 6.74. The van der Waals surface area contributed by atoms with E-state index in [0.717, 1.165) is 0 Å². The predicted molar refractivity (Wildman–Crippen MR) is 42.1 cm³/mol. The fourth-order valence-electron chi connectivity index (χ4n) is 0.428. The molecular weight excluding hydrogens is 148 g/mol. The van der Waals surface area contributed by atoms with Crippen molar-refractivity contribution in [2.24, 2.45) is 0 Å². The second kappa shape index (κ2) is 3.43. The van der Waals surface area contributed by atoms with Gasteiger partial charge in [-0.2, -0.15) is 0 Å². The Balaban J connectivity index is 4.40. The normalized spacial score (nSPS) is 10.4. The van der Waals surface area contributed by atoms with Crippen molar-refractivity contribution in [3.63, 3.8) is 0 Å². The Morgan fingerprint density at radius 3 is 2.50 bits per heavy atom. The fraction of sp³-hybridized carbons (Fsp3) is 0.429. The maximum Gasteiger partial charge on any atom is 0.174 e. The van der Waals surface area contributed by atoms with Crippen LogP contribution in [0.5, 0.6) is 0 Å². The highest BCUT2D eigenvalue weighted by atomic mass is 32.2. The molecule has 0 aliphatic rings. The Kier molecular flexibility index (Phi) is 3.17. The van der Waals surface area contributed by atoms with Crippen LogP contribution in [0.1, 0.15) is 13.3 Å². The summed E-state index contributed by atoms with van der Waals surface area (Å²) in [6.45, 7) is 4.92. The van der Waals surface area contributed by atoms with Crippen molar-refractivity contribution >= 4 is 9.84 Å². The number of sulfone groups is 1. The molecule has 0 unspecified atom stereocenters. The minimum Gasteiger partial charge on any atom is -0.224 e. The van der Waals surface area contributed by atoms with Gasteiger partial charge in [-0.1, -0.05) is 13.5 Å². The lowest BCUT2D eigenvalue weighted by molar-refractivity contribution is 0.602. The molecule has 0 amide bonds. The molecule has 3 heteroatoms. The molecule has 0 bridgehead atoms. The van der Waals surface area contributed by atoms with Crippen LogP contribution in [0.4, 0.5) is 0 Å². The Hall–Kier alpha value is -0.750. The van der Waals surface area contributed by atoms with Crippen LogP contribution in [0.25, 0.3) is 0 Å². The summed E-state index contributed by atoms with van der Waals surface area (Å²) in [6.07, 6.45) is 5.03. The molecule has 0 saturated heterocycles. The van der Waals surface area contributed by atoms with E-state index in [1.165, 1.54) is 0 Å². The minimum absolute atomic E-state index is 0.0769. The smallest absolute Gasteiger partial charge is 0.174 e. The molecule has 0 atom stereocenters. The topological polar surface area (TPSA) is 34.1 Å². The van der Waals surface area contributed by atoms with Crippen LogP contribution in [0.3, 0.4) is 0 Å². The molecule has 0 heterocycles. The van der Waals surface area contributed by atoms with Crippen molar-refractivity contribution < 1.29 is 8.42 Å². The molecule has 56 valence electrons. The van der Waals surface area contributed by atoms with Gasteiger partial charge in [0.05, 0.1) is 5.75 Å². The summed E-state index contributed by atoms with van der Waals surface area (Å²) < 4.78 is 21.8. The first-order valence-electron chi connectivity index (χ1n) is 2.88. The summed E-state index contributed by atoms with van der Waals surface area (Å²) in [4.78, 5) is 0.137. The molecule has 0 aromatic heterocycles. The number of terminal acetylenes is 1. The van der Waals surface area contributed by atoms with Crippen LogP contribution in [0.15, 0.2) is 11.5 Å². The van der Waals surface area contributed by atoms with Crippen molar-refractivity contribution in [3.05, 3.63) is 11.5 Å². The third-order valence-corrected chi connectivity index (χ3v) is 2.90. The summed E-state index contributed by atoms with van der Waals surface area (Å²) in [5.41, 5.74) is 0. The second-order valence-corrected chi connectivity index (χ2v) is 4.21. The number of hydrogen-bond donors (Lipinski definition) is 0. The van der Waals surface area contributed by atoms with Gasteiger partial charge in [0.15, 0.2) is 9.84 Å². The van der Waals surface area contributed by atoms with Crippen LogP contribution in [-0.2, 0) is 9.84 Å². The molecule has 0 aliphatic carbocycles. The quantitative estimate of drug-likeness (QED) is 0.573. The van der Waals surface area contributed by atoms with E-state index in [1.807, 2.05) is 0 Å². The van der Waals surface area contributed by atoms with Gasteiger partial charge in [-0.25, -0.2) is 8.42 Å². The lowest BCUT2D eigenvalue weighted by Gasteiger charge is -1.98. The van der Waals surface area contributed by atoms with Gasteiger partial charge in [0.25, 0.3) is 0 Å². The van der Waals surface area contributed by atoms with Crippen LogP contribution >= 0.6 is 0 Å². The molecule has 0 radical (unpaired) electrons. The van der Waals surface area contributed by atoms with E-state index in [9.17, 15) is 8.42 Å². The Labute approximate surface area is 61.9 Å². The van der Waals surface area contributed by atoms with E-state index >= 15 is 0 Å². The highest BCUT2D eigenvalue weighted by Gasteiger charge is 2.10. The fourth-order valence-corrected chi connectivity index (χ4v) is 1.14. The first-order chi connectivity index (χ1) is 4.54. The van der Waals surface area contributed by atoms with Gasteiger partial charge in [-0.05, 0) is 0 Å². The first kappa shape index (κ1) is 9.25. The van der Waals surface area contributed by atoms with Crippen LogP contribution in [0, 0.1) is 12.3 Å². The summed E-state index contributed by atoms with van der Waals surface area (Å²) in [5.74, 6) is 2.31. The maximum atomic E-state index is 10.9. The Morgan fingerprint density at radius 1 is 1.70 bits per heavy atom. The van der Waals surface area contributed by atoms with Gasteiger partial charge in [-0.3, -0.25) is 0 Å². The highest BCUT2D eigenvalue weighted by molar-refractivity contribution is 7.95. The highest BCUT2D eigenvalue weighted by Crippen LogP contribution is 2.07. The van der Waals surface area contributed by atoms with Gasteiger partial charge in [0.1, 0.15) is 0 Å². The minimum atomic E-state index is -3.10. The van der Waals surface area contributed by atoms with Gasteiger partial charge in [0, 0.05) is 11.3 Å². The van der Waals surface area contributed by atoms with E-state index < -0.39 is 9.84 Å². The van der Waals surface area contributed by atoms with E-state index in [2.05, 4.69) is 12.5 Å². The number of allylic oxidation sites excluding steroid dienone is 1. The van der Waals surface area contributed by atoms with E-state index in [1.54, 1.807) is 6.92 Å². The third-order valence-electron chi connectivity index (χ3n) is 1.12. The van der Waals surface area contributed by atoms with E-state index in [-0.39, 0.29) is 17.1 Å². The Morgan fingerprint density at radius 2 is 2.20 bits per heavy atom. The molecule has 0 spiro atoms. The van der Waals surface area contributed by atoms with Crippen molar-refractivity contribution in [1.29, 1.82) is 0 Å². The largest absolute Gasteiger partial charge is 0.224 e. The van der Waals surface area contributed by atoms with Crippen LogP contribution in [-0.4, -0.2) is 14.2 Å². The lowest BCUT2D eigenvalue weighted by Crippen LogP contribution is -2.04. The molecule has 10 heavy (non-hydrogen) atoms. The standard InChI is InChI=1S/C7H10O2S/c1-4-6-7(3)10(8,9)5-2/h1H,3,5-6H2,2H3. The average molecular weight is 158 g/mol. The summed E-state index contributed by atoms with van der Waals surface area (Å²) in [5, 5.41) is 0. The molecule has 0 rings (SSSR count). The molecule has 0 aromatic rings. The number of hydrogen-bond acceptors (Lipinski definition) is 2. The summed E-state index contributed by atoms with van der Waals surface area (Å²) in [7, 11) is -3.10. The first-order valence-corrected chi connectivity index (χ1v) is 4.53. The average Bonchev–Trinajstić information content (AvgIpc) is 1.89. The SMILES string of the molecule is C#CCC(=C)S(=O)(=O)CC. The van der Waals surface area contributed by atoms with E-state index in [4.69, 9.17) is 6.42 Å². The van der Waals surface area contributed by atoms with Gasteiger partial charge in [-0.15, -0.1) is 12.3 Å². The van der Waals surface area contributed by atoms with Crippen molar-refractivity contribution in [2.45, 2.75) is 13.3 Å². The van der Waals surface area contributed by atoms with Crippen molar-refractivity contribution in [2.75, 3.05) is 5.75 Å². The molecule has 0 fully saturated rings. The molecule has 0 aliphatic heterocycles.